The van der Waals surface area contributed by atoms with Gasteiger partial charge in [0.25, 0.3) is 5.92 Å². The van der Waals surface area contributed by atoms with Gasteiger partial charge in [0.05, 0.1) is 51.2 Å². The number of aromatic nitrogens is 7. The molecule has 0 radical (unpaired) electrons. The predicted octanol–water partition coefficient (Wildman–Crippen LogP) is 7.03. The molecule has 2 N–H and O–H groups in total. The van der Waals surface area contributed by atoms with E-state index in [1.807, 2.05) is 0 Å². The Morgan fingerprint density at radius 1 is 0.983 bits per heavy atom. The zero-order valence-corrected chi connectivity index (χ0v) is 31.9. The van der Waals surface area contributed by atoms with Crippen LogP contribution in [0.5, 0.6) is 0 Å². The van der Waals surface area contributed by atoms with Crippen LogP contribution in [0.25, 0.3) is 33.4 Å². The largest absolute Gasteiger partial charge is 0.435 e. The van der Waals surface area contributed by atoms with Crippen molar-refractivity contribution in [1.82, 2.24) is 39.6 Å². The standard InChI is InChI=1S/C37H29ClF7N9O3S/c1-52-27(10-11-46-52)25-9-6-20(21-5-8-24(38)30-32(21)53(2)50-35(30)51-58(3,56)57)31(48-25)26(14-17-12-18(39)15-19(40)13-17)47-28(55)16-54-34-29(33(49-54)37(43,44)45)22-4-7-23(22)36(34,41)42/h4-13,15,22-23,26H,14,16H2,1-3H3,(H,47,55)(H,50,51)/t22-,23+,26-/m0/s1. The van der Waals surface area contributed by atoms with Crippen LogP contribution in [0.1, 0.15) is 40.2 Å². The molecule has 0 spiro atoms. The summed E-state index contributed by atoms with van der Waals surface area (Å²) in [5, 5.41) is 15.0. The molecular weight excluding hydrogens is 819 g/mol. The van der Waals surface area contributed by atoms with E-state index in [1.165, 1.54) is 34.8 Å². The lowest BCUT2D eigenvalue weighted by Crippen LogP contribution is -2.36. The highest BCUT2D eigenvalue weighted by Crippen LogP contribution is 2.60. The van der Waals surface area contributed by atoms with Crippen LogP contribution in [0, 0.1) is 17.6 Å². The monoisotopic (exact) mass is 847 g/mol. The van der Waals surface area contributed by atoms with Crippen LogP contribution in [-0.2, 0) is 54.0 Å². The van der Waals surface area contributed by atoms with Crippen molar-refractivity contribution in [2.75, 3.05) is 11.0 Å². The number of carbonyl (C=O) groups excluding carboxylic acids is 1. The average Bonchev–Trinajstić information content (AvgIpc) is 3.80. The topological polar surface area (TPSA) is 142 Å². The minimum Gasteiger partial charge on any atom is -0.346 e. The molecule has 6 aromatic rings. The number of nitrogens with one attached hydrogen (secondary N) is 2. The molecule has 0 aliphatic heterocycles. The molecule has 3 atom stereocenters. The maximum atomic E-state index is 15.6. The summed E-state index contributed by atoms with van der Waals surface area (Å²) in [6, 6.07) is 9.25. The number of fused-ring (bicyclic) bond motifs is 4. The van der Waals surface area contributed by atoms with E-state index in [4.69, 9.17) is 16.6 Å². The van der Waals surface area contributed by atoms with Gasteiger partial charge < -0.3 is 5.32 Å². The highest BCUT2D eigenvalue weighted by atomic mass is 35.5. The Labute approximate surface area is 329 Å². The molecule has 2 aliphatic rings. The third kappa shape index (κ3) is 6.76. The second-order valence-corrected chi connectivity index (χ2v) is 16.2. The molecule has 0 saturated carbocycles. The van der Waals surface area contributed by atoms with Crippen LogP contribution in [-0.4, -0.2) is 54.9 Å². The van der Waals surface area contributed by atoms with Gasteiger partial charge in [0.1, 0.15) is 23.9 Å². The molecule has 1 amide bonds. The first-order valence-electron chi connectivity index (χ1n) is 17.3. The minimum absolute atomic E-state index is 0.0245. The molecule has 4 heterocycles. The fourth-order valence-corrected chi connectivity index (χ4v) is 8.45. The molecule has 302 valence electrons. The van der Waals surface area contributed by atoms with Gasteiger partial charge in [-0.3, -0.25) is 23.6 Å². The van der Waals surface area contributed by atoms with Crippen molar-refractivity contribution in [2.45, 2.75) is 37.0 Å². The number of amides is 1. The van der Waals surface area contributed by atoms with E-state index >= 15 is 8.78 Å². The van der Waals surface area contributed by atoms with Crippen LogP contribution >= 0.6 is 11.6 Å². The van der Waals surface area contributed by atoms with Crippen molar-refractivity contribution in [3.8, 4) is 22.5 Å². The Kier molecular flexibility index (Phi) is 9.22. The van der Waals surface area contributed by atoms with Gasteiger partial charge in [-0.2, -0.15) is 37.2 Å². The van der Waals surface area contributed by atoms with Gasteiger partial charge >= 0.3 is 6.18 Å². The fraction of sp³-hybridized carbons (Fsp3) is 0.270. The van der Waals surface area contributed by atoms with E-state index in [1.54, 1.807) is 31.3 Å². The Hall–Kier alpha value is -5.76. The number of alkyl halides is 5. The number of pyridine rings is 1. The molecule has 2 aromatic carbocycles. The van der Waals surface area contributed by atoms with E-state index in [-0.39, 0.29) is 39.5 Å². The van der Waals surface area contributed by atoms with Crippen LogP contribution in [0.15, 0.2) is 66.9 Å². The molecule has 12 nitrogen and oxygen atoms in total. The second kappa shape index (κ2) is 13.7. The summed E-state index contributed by atoms with van der Waals surface area (Å²) in [6.45, 7) is -1.09. The van der Waals surface area contributed by atoms with Gasteiger partial charge in [0.2, 0.25) is 15.9 Å². The number of hydrogen-bond acceptors (Lipinski definition) is 7. The Morgan fingerprint density at radius 2 is 1.69 bits per heavy atom. The third-order valence-corrected chi connectivity index (χ3v) is 11.0. The van der Waals surface area contributed by atoms with Gasteiger partial charge in [-0.05, 0) is 42.3 Å². The number of halogens is 8. The molecule has 0 saturated heterocycles. The first kappa shape index (κ1) is 39.1. The average molecular weight is 848 g/mol. The van der Waals surface area contributed by atoms with Gasteiger partial charge in [-0.1, -0.05) is 35.9 Å². The normalized spacial score (nSPS) is 17.6. The Balaban J connectivity index is 1.29. The number of allylic oxidation sites excluding steroid dienone is 2. The fourth-order valence-electron chi connectivity index (χ4n) is 7.72. The summed E-state index contributed by atoms with van der Waals surface area (Å²) in [7, 11) is -0.675. The maximum Gasteiger partial charge on any atom is 0.435 e. The second-order valence-electron chi connectivity index (χ2n) is 14.1. The van der Waals surface area contributed by atoms with E-state index in [0.717, 1.165) is 24.5 Å². The summed E-state index contributed by atoms with van der Waals surface area (Å²) < 4.78 is 133. The molecule has 4 aromatic heterocycles. The smallest absolute Gasteiger partial charge is 0.346 e. The Bertz CT molecular complexity index is 2800. The molecule has 58 heavy (non-hydrogen) atoms. The van der Waals surface area contributed by atoms with E-state index in [0.29, 0.717) is 33.2 Å². The van der Waals surface area contributed by atoms with E-state index in [9.17, 15) is 35.2 Å². The number of carbonyl (C=O) groups is 1. The first-order chi connectivity index (χ1) is 27.2. The van der Waals surface area contributed by atoms with Crippen LogP contribution < -0.4 is 10.0 Å². The number of anilines is 1. The number of rotatable bonds is 10. The number of sulfonamides is 1. The number of nitrogens with zero attached hydrogens (tertiary/aromatic N) is 7. The van der Waals surface area contributed by atoms with Crippen molar-refractivity contribution >= 4 is 44.3 Å². The number of aryl methyl sites for hydroxylation is 2. The van der Waals surface area contributed by atoms with Gasteiger partial charge in [-0.25, -0.2) is 22.2 Å². The summed E-state index contributed by atoms with van der Waals surface area (Å²) in [5.41, 5.74) is -1.47. The van der Waals surface area contributed by atoms with Crippen molar-refractivity contribution in [3.63, 3.8) is 0 Å². The lowest BCUT2D eigenvalue weighted by Gasteiger charge is -2.27. The highest BCUT2D eigenvalue weighted by molar-refractivity contribution is 7.92. The molecule has 0 unspecified atom stereocenters. The first-order valence-corrected chi connectivity index (χ1v) is 19.6. The van der Waals surface area contributed by atoms with Gasteiger partial charge in [-0.15, -0.1) is 0 Å². The summed E-state index contributed by atoms with van der Waals surface area (Å²) in [4.78, 5) is 18.9. The highest BCUT2D eigenvalue weighted by Gasteiger charge is 2.61. The van der Waals surface area contributed by atoms with Gasteiger partial charge in [0, 0.05) is 49.0 Å². The van der Waals surface area contributed by atoms with E-state index < -0.39 is 81.0 Å². The molecule has 0 fully saturated rings. The zero-order chi connectivity index (χ0) is 41.6. The minimum atomic E-state index is -5.11. The van der Waals surface area contributed by atoms with Crippen molar-refractivity contribution in [3.05, 3.63) is 112 Å². The van der Waals surface area contributed by atoms with Crippen molar-refractivity contribution in [1.29, 1.82) is 0 Å². The van der Waals surface area contributed by atoms with Crippen LogP contribution in [0.4, 0.5) is 36.6 Å². The molecule has 8 rings (SSSR count). The number of benzene rings is 2. The third-order valence-electron chi connectivity index (χ3n) is 10.1. The zero-order valence-electron chi connectivity index (χ0n) is 30.3. The maximum absolute atomic E-state index is 15.6. The SMILES string of the molecule is Cn1nccc1-c1ccc(-c2ccc(Cl)c3c(NS(C)(=O)=O)nn(C)c23)c([C@H](Cc2cc(F)cc(F)c2)NC(=O)Cn2nc(C(F)(F)F)c3c2C(F)(F)[C@@H]2C=C[C@H]32)n1. The predicted molar refractivity (Wildman–Crippen MR) is 197 cm³/mol. The lowest BCUT2D eigenvalue weighted by molar-refractivity contribution is -0.142. The van der Waals surface area contributed by atoms with Crippen molar-refractivity contribution in [2.24, 2.45) is 20.0 Å². The van der Waals surface area contributed by atoms with Crippen LogP contribution in [0.3, 0.4) is 0 Å². The van der Waals surface area contributed by atoms with Crippen molar-refractivity contribution < 1.29 is 43.9 Å². The Morgan fingerprint density at radius 3 is 2.31 bits per heavy atom. The molecular formula is C37H29ClF7N9O3S. The molecule has 0 bridgehead atoms. The summed E-state index contributed by atoms with van der Waals surface area (Å²) in [5.74, 6) is -9.63. The lowest BCUT2D eigenvalue weighted by atomic mass is 9.81. The number of hydrogen-bond donors (Lipinski definition) is 2. The van der Waals surface area contributed by atoms with E-state index in [2.05, 4.69) is 25.3 Å². The summed E-state index contributed by atoms with van der Waals surface area (Å²) in [6.07, 6.45) is -0.699. The molecule has 21 heteroatoms. The van der Waals surface area contributed by atoms with Gasteiger partial charge in [0.15, 0.2) is 11.5 Å². The molecule has 2 aliphatic carbocycles. The quantitative estimate of drug-likeness (QED) is 0.111. The van der Waals surface area contributed by atoms with Crippen LogP contribution in [0.2, 0.25) is 5.02 Å². The summed E-state index contributed by atoms with van der Waals surface area (Å²) >= 11 is 6.59.